The van der Waals surface area contributed by atoms with Crippen LogP contribution in [0.2, 0.25) is 0 Å². The van der Waals surface area contributed by atoms with Crippen molar-refractivity contribution in [3.05, 3.63) is 41.7 Å². The topological polar surface area (TPSA) is 51.0 Å². The molecule has 0 spiro atoms. The number of nitrogens with zero attached hydrogens (tertiary/aromatic N) is 2. The minimum Gasteiger partial charge on any atom is -0.334 e. The molecule has 1 aromatic heterocycles. The van der Waals surface area contributed by atoms with Gasteiger partial charge in [0, 0.05) is 6.54 Å². The zero-order valence-corrected chi connectivity index (χ0v) is 9.12. The molecule has 0 bridgehead atoms. The van der Waals surface area contributed by atoms with Crippen molar-refractivity contribution in [2.75, 3.05) is 5.32 Å². The molecule has 1 heterocycles. The smallest absolute Gasteiger partial charge is 0.321 e. The largest absolute Gasteiger partial charge is 0.334 e. The summed E-state index contributed by atoms with van der Waals surface area (Å²) >= 11 is 0. The number of anilines is 1. The van der Waals surface area contributed by atoms with E-state index < -0.39 is 0 Å². The highest BCUT2D eigenvalue weighted by molar-refractivity contribution is 5.85. The molecule has 0 saturated heterocycles. The molecule has 80 valence electrons. The zero-order valence-electron chi connectivity index (χ0n) is 8.30. The Kier molecular flexibility index (Phi) is 4.12. The number of benzene rings is 1. The van der Waals surface area contributed by atoms with Crippen molar-refractivity contribution in [3.63, 3.8) is 0 Å². The van der Waals surface area contributed by atoms with E-state index in [0.29, 0.717) is 18.4 Å². The van der Waals surface area contributed by atoms with Gasteiger partial charge in [-0.15, -0.1) is 12.4 Å². The van der Waals surface area contributed by atoms with Crippen LogP contribution in [0, 0.1) is 6.92 Å². The first-order valence-electron chi connectivity index (χ1n) is 4.43. The number of aromatic nitrogens is 2. The van der Waals surface area contributed by atoms with Gasteiger partial charge in [0.2, 0.25) is 0 Å². The Bertz CT molecular complexity index is 402. The standard InChI is InChI=1S/C10H11N3O.ClH/c1-8-12-10(14-13-8)11-7-9-5-3-2-4-6-9;/h2-6H,7H2,1H3,(H,11,12,13);1H. The minimum atomic E-state index is 0. The summed E-state index contributed by atoms with van der Waals surface area (Å²) < 4.78 is 4.91. The van der Waals surface area contributed by atoms with Gasteiger partial charge in [0.15, 0.2) is 5.82 Å². The molecule has 4 nitrogen and oxygen atoms in total. The van der Waals surface area contributed by atoms with E-state index >= 15 is 0 Å². The van der Waals surface area contributed by atoms with Gasteiger partial charge in [-0.25, -0.2) is 0 Å². The lowest BCUT2D eigenvalue weighted by Crippen LogP contribution is -1.98. The molecule has 0 aliphatic heterocycles. The molecule has 2 rings (SSSR count). The van der Waals surface area contributed by atoms with Crippen LogP contribution < -0.4 is 5.32 Å². The summed E-state index contributed by atoms with van der Waals surface area (Å²) in [5, 5.41) is 6.72. The molecule has 0 atom stereocenters. The Labute approximate surface area is 94.1 Å². The van der Waals surface area contributed by atoms with Crippen LogP contribution in [0.3, 0.4) is 0 Å². The van der Waals surface area contributed by atoms with Crippen molar-refractivity contribution >= 4 is 18.4 Å². The average molecular weight is 226 g/mol. The molecule has 0 aliphatic carbocycles. The van der Waals surface area contributed by atoms with Crippen LogP contribution in [0.25, 0.3) is 0 Å². The minimum absolute atomic E-state index is 0. The number of halogens is 1. The third-order valence-electron chi connectivity index (χ3n) is 1.81. The van der Waals surface area contributed by atoms with Gasteiger partial charge in [0.1, 0.15) is 0 Å². The predicted molar refractivity (Wildman–Crippen MR) is 60.1 cm³/mol. The molecule has 0 aliphatic rings. The van der Waals surface area contributed by atoms with E-state index in [2.05, 4.69) is 15.5 Å². The number of hydrogen-bond acceptors (Lipinski definition) is 4. The highest BCUT2D eigenvalue weighted by Crippen LogP contribution is 2.05. The Hall–Kier alpha value is -1.55. The molecular weight excluding hydrogens is 214 g/mol. The van der Waals surface area contributed by atoms with Gasteiger partial charge in [-0.05, 0) is 12.5 Å². The maximum absolute atomic E-state index is 4.91. The second-order valence-electron chi connectivity index (χ2n) is 2.99. The number of aryl methyl sites for hydroxylation is 1. The summed E-state index contributed by atoms with van der Waals surface area (Å²) in [7, 11) is 0. The fourth-order valence-corrected chi connectivity index (χ4v) is 1.14. The molecule has 1 aromatic carbocycles. The van der Waals surface area contributed by atoms with Crippen LogP contribution in [0.1, 0.15) is 11.4 Å². The third kappa shape index (κ3) is 3.25. The van der Waals surface area contributed by atoms with Crippen LogP contribution in [-0.2, 0) is 6.54 Å². The summed E-state index contributed by atoms with van der Waals surface area (Å²) in [6.07, 6.45) is 0. The summed E-state index contributed by atoms with van der Waals surface area (Å²) in [5.74, 6) is 0.639. The maximum Gasteiger partial charge on any atom is 0.321 e. The van der Waals surface area contributed by atoms with E-state index in [1.54, 1.807) is 6.92 Å². The van der Waals surface area contributed by atoms with Gasteiger partial charge in [-0.3, -0.25) is 0 Å². The van der Waals surface area contributed by atoms with Gasteiger partial charge in [-0.1, -0.05) is 35.5 Å². The number of rotatable bonds is 3. The average Bonchev–Trinajstić information content (AvgIpc) is 2.63. The molecule has 5 heteroatoms. The van der Waals surface area contributed by atoms with Crippen LogP contribution in [0.5, 0.6) is 0 Å². The Morgan fingerprint density at radius 2 is 2.00 bits per heavy atom. The second kappa shape index (κ2) is 5.36. The van der Waals surface area contributed by atoms with Crippen LogP contribution in [0.4, 0.5) is 6.01 Å². The van der Waals surface area contributed by atoms with Crippen molar-refractivity contribution < 1.29 is 4.52 Å². The van der Waals surface area contributed by atoms with E-state index in [9.17, 15) is 0 Å². The summed E-state index contributed by atoms with van der Waals surface area (Å²) in [6, 6.07) is 10.5. The summed E-state index contributed by atoms with van der Waals surface area (Å²) in [5.41, 5.74) is 1.18. The summed E-state index contributed by atoms with van der Waals surface area (Å²) in [6.45, 7) is 2.49. The van der Waals surface area contributed by atoms with E-state index in [1.165, 1.54) is 5.56 Å². The quantitative estimate of drug-likeness (QED) is 0.872. The van der Waals surface area contributed by atoms with Crippen LogP contribution >= 0.6 is 12.4 Å². The molecule has 0 saturated carbocycles. The van der Waals surface area contributed by atoms with Crippen LogP contribution in [-0.4, -0.2) is 10.1 Å². The van der Waals surface area contributed by atoms with E-state index in [4.69, 9.17) is 4.52 Å². The Morgan fingerprint density at radius 3 is 2.60 bits per heavy atom. The first kappa shape index (κ1) is 11.5. The van der Waals surface area contributed by atoms with Crippen molar-refractivity contribution in [2.24, 2.45) is 0 Å². The van der Waals surface area contributed by atoms with Gasteiger partial charge in [0.05, 0.1) is 0 Å². The molecule has 0 fully saturated rings. The fraction of sp³-hybridized carbons (Fsp3) is 0.200. The molecule has 0 radical (unpaired) electrons. The fourth-order valence-electron chi connectivity index (χ4n) is 1.14. The lowest BCUT2D eigenvalue weighted by molar-refractivity contribution is 0.425. The summed E-state index contributed by atoms with van der Waals surface area (Å²) in [4.78, 5) is 4.04. The number of hydrogen-bond donors (Lipinski definition) is 1. The van der Waals surface area contributed by atoms with E-state index in [1.807, 2.05) is 30.3 Å². The van der Waals surface area contributed by atoms with E-state index in [0.717, 1.165) is 0 Å². The maximum atomic E-state index is 4.91. The van der Waals surface area contributed by atoms with Gasteiger partial charge >= 0.3 is 6.01 Å². The zero-order chi connectivity index (χ0) is 9.80. The monoisotopic (exact) mass is 225 g/mol. The lowest BCUT2D eigenvalue weighted by Gasteiger charge is -1.99. The lowest BCUT2D eigenvalue weighted by atomic mass is 10.2. The molecule has 0 unspecified atom stereocenters. The molecule has 2 aromatic rings. The Morgan fingerprint density at radius 1 is 1.27 bits per heavy atom. The van der Waals surface area contributed by atoms with Gasteiger partial charge in [-0.2, -0.15) is 4.98 Å². The molecule has 1 N–H and O–H groups in total. The van der Waals surface area contributed by atoms with Crippen LogP contribution in [0.15, 0.2) is 34.9 Å². The van der Waals surface area contributed by atoms with E-state index in [-0.39, 0.29) is 12.4 Å². The predicted octanol–water partition coefficient (Wildman–Crippen LogP) is 2.41. The van der Waals surface area contributed by atoms with Crippen molar-refractivity contribution in [3.8, 4) is 0 Å². The highest BCUT2D eigenvalue weighted by Gasteiger charge is 2.00. The third-order valence-corrected chi connectivity index (χ3v) is 1.81. The first-order chi connectivity index (χ1) is 6.84. The second-order valence-corrected chi connectivity index (χ2v) is 2.99. The SMILES string of the molecule is Cc1noc(NCc2ccccc2)n1.Cl. The first-order valence-corrected chi connectivity index (χ1v) is 4.43. The van der Waals surface area contributed by atoms with Crippen molar-refractivity contribution in [1.29, 1.82) is 0 Å². The molecule has 15 heavy (non-hydrogen) atoms. The Balaban J connectivity index is 0.00000112. The highest BCUT2D eigenvalue weighted by atomic mass is 35.5. The number of nitrogens with one attached hydrogen (secondary N) is 1. The van der Waals surface area contributed by atoms with Crippen molar-refractivity contribution in [2.45, 2.75) is 13.5 Å². The van der Waals surface area contributed by atoms with Gasteiger partial charge < -0.3 is 9.84 Å². The molecule has 0 amide bonds. The van der Waals surface area contributed by atoms with Crippen molar-refractivity contribution in [1.82, 2.24) is 10.1 Å². The van der Waals surface area contributed by atoms with Gasteiger partial charge in [0.25, 0.3) is 0 Å². The molecular formula is C10H12ClN3O. The normalized spacial score (nSPS) is 9.40.